The number of nitrogens with two attached hydrogens (primary N) is 3. The van der Waals surface area contributed by atoms with E-state index in [2.05, 4.69) is 99.1 Å². The van der Waals surface area contributed by atoms with Crippen LogP contribution < -0.4 is 81.0 Å². The monoisotopic (exact) mass is 1610 g/mol. The lowest BCUT2D eigenvalue weighted by Gasteiger charge is -2.31. The summed E-state index contributed by atoms with van der Waals surface area (Å²) in [4.78, 5) is 173. The number of aromatic nitrogens is 7. The van der Waals surface area contributed by atoms with Gasteiger partial charge in [0.05, 0.1) is 6.61 Å². The topological polar surface area (TPSA) is 530 Å². The molecule has 616 valence electrons. The summed E-state index contributed by atoms with van der Waals surface area (Å²) in [5.41, 5.74) is 20.5. The van der Waals surface area contributed by atoms with Gasteiger partial charge in [-0.25, -0.2) is 10.2 Å². The Hall–Kier alpha value is -12.6. The largest absolute Gasteiger partial charge is 0.394 e. The number of fused-ring (bicyclic) bond motifs is 1. The van der Waals surface area contributed by atoms with Crippen LogP contribution in [-0.2, 0) is 84.8 Å². The molecule has 9 rings (SSSR count). The van der Waals surface area contributed by atoms with Gasteiger partial charge in [-0.15, -0.1) is 10.2 Å². The smallest absolute Gasteiger partial charge is 0.245 e. The maximum absolute atomic E-state index is 15.6. The number of nitrogen functional groups attached to an aromatic ring is 2. The fourth-order valence-corrected chi connectivity index (χ4v) is 13.4. The number of unbranched alkanes of at least 4 members (excludes halogenated alkanes) is 1. The number of primary amides is 1. The first-order valence-electron chi connectivity index (χ1n) is 38.4. The zero-order valence-corrected chi connectivity index (χ0v) is 66.1. The molecule has 0 aliphatic carbocycles. The van der Waals surface area contributed by atoms with Crippen LogP contribution in [0.2, 0.25) is 5.02 Å². The molecule has 0 spiro atoms. The van der Waals surface area contributed by atoms with E-state index in [1.807, 2.05) is 70.2 Å². The first kappa shape index (κ1) is 87.3. The van der Waals surface area contributed by atoms with Crippen molar-refractivity contribution in [3.63, 3.8) is 0 Å². The summed E-state index contributed by atoms with van der Waals surface area (Å²) in [6, 6.07) is 22.5. The Kier molecular flexibility index (Phi) is 32.0. The normalized spacial score (nSPS) is 14.9. The number of nitrogens with one attached hydrogen (secondary N) is 14. The average molecular weight is 1610 g/mol. The Labute approximate surface area is 675 Å². The van der Waals surface area contributed by atoms with E-state index in [4.69, 9.17) is 28.8 Å². The predicted octanol–water partition coefficient (Wildman–Crippen LogP) is 2.38. The highest BCUT2D eigenvalue weighted by Crippen LogP contribution is 2.24. The van der Waals surface area contributed by atoms with Crippen molar-refractivity contribution in [2.45, 2.75) is 179 Å². The van der Waals surface area contributed by atoms with E-state index in [0.717, 1.165) is 10.8 Å². The number of carbonyl (C=O) groups excluding carboxylic acids is 11. The molecule has 0 bridgehead atoms. The number of benzene rings is 5. The van der Waals surface area contributed by atoms with Gasteiger partial charge in [-0.2, -0.15) is 9.97 Å². The van der Waals surface area contributed by atoms with E-state index in [1.165, 1.54) is 31.1 Å². The SMILES string of the molecule is CC(=O)N[C@H](Cc1ccc2ccccc2c1)C(=O)N[C@H](Cc1ccc(Cl)cc1)C(=O)N[C@H](Cc1cccnc1)C(=O)N[C@@H](CO)C(=O)N[C@@H](Cc1cccc(Nc2nc(N)n[nH]2)c1)C(=O)N[C@H](Cc1cccc(Nc2nc(N)n[nH]2)c1)C(=O)N[C@@H](CC(C)C)C(=O)N[C@@H](CCCCNC(C)C)C(=O)N1CCC[C@H]1C(=O)N[C@H](C)C(N)=O. The minimum absolute atomic E-state index is 0.00984. The highest BCUT2D eigenvalue weighted by Gasteiger charge is 2.41. The molecule has 11 amide bonds. The molecule has 4 heterocycles. The van der Waals surface area contributed by atoms with Crippen LogP contribution in [-0.4, -0.2) is 196 Å². The molecule has 1 fully saturated rings. The van der Waals surface area contributed by atoms with Gasteiger partial charge in [-0.1, -0.05) is 124 Å². The number of halogens is 1. The van der Waals surface area contributed by atoms with E-state index in [-0.39, 0.29) is 93.7 Å². The molecule has 35 nitrogen and oxygen atoms in total. The molecule has 0 saturated carbocycles. The zero-order valence-electron chi connectivity index (χ0n) is 65.3. The summed E-state index contributed by atoms with van der Waals surface area (Å²) in [7, 11) is 0. The van der Waals surface area contributed by atoms with Gasteiger partial charge < -0.3 is 91.0 Å². The van der Waals surface area contributed by atoms with Crippen LogP contribution in [0.3, 0.4) is 0 Å². The lowest BCUT2D eigenvalue weighted by molar-refractivity contribution is -0.142. The van der Waals surface area contributed by atoms with E-state index in [1.54, 1.807) is 84.9 Å². The number of likely N-dealkylation sites (tertiary alicyclic amines) is 1. The molecular formula is C80H102ClN23O12. The van der Waals surface area contributed by atoms with Gasteiger partial charge in [-0.3, -0.25) is 57.7 Å². The van der Waals surface area contributed by atoms with Crippen molar-refractivity contribution >= 4 is 123 Å². The summed E-state index contributed by atoms with van der Waals surface area (Å²) in [6.07, 6.45) is 3.84. The van der Waals surface area contributed by atoms with Crippen LogP contribution in [0.15, 0.2) is 140 Å². The van der Waals surface area contributed by atoms with E-state index < -0.39 is 132 Å². The first-order valence-corrected chi connectivity index (χ1v) is 38.7. The maximum Gasteiger partial charge on any atom is 0.245 e. The second-order valence-electron chi connectivity index (χ2n) is 29.3. The number of rotatable bonds is 42. The molecule has 0 unspecified atom stereocenters. The molecule has 1 aliphatic rings. The minimum atomic E-state index is -1.87. The molecule has 116 heavy (non-hydrogen) atoms. The lowest BCUT2D eigenvalue weighted by Crippen LogP contribution is -2.62. The van der Waals surface area contributed by atoms with Crippen molar-refractivity contribution < 1.29 is 57.8 Å². The van der Waals surface area contributed by atoms with Crippen LogP contribution in [0.1, 0.15) is 108 Å². The van der Waals surface area contributed by atoms with Gasteiger partial charge in [0, 0.05) is 80.4 Å². The highest BCUT2D eigenvalue weighted by atomic mass is 35.5. The Morgan fingerprint density at radius 1 is 0.526 bits per heavy atom. The number of aromatic amines is 2. The van der Waals surface area contributed by atoms with Gasteiger partial charge >= 0.3 is 0 Å². The molecule has 1 saturated heterocycles. The number of aliphatic hydroxyl groups is 1. The fraction of sp³-hybridized carbons (Fsp3) is 0.400. The Balaban J connectivity index is 1.01. The van der Waals surface area contributed by atoms with Gasteiger partial charge in [-0.05, 0) is 139 Å². The van der Waals surface area contributed by atoms with Crippen LogP contribution in [0, 0.1) is 5.92 Å². The van der Waals surface area contributed by atoms with Crippen LogP contribution in [0.5, 0.6) is 0 Å². The zero-order chi connectivity index (χ0) is 83.5. The van der Waals surface area contributed by atoms with E-state index in [9.17, 15) is 29.1 Å². The molecule has 3 aromatic heterocycles. The fourth-order valence-electron chi connectivity index (χ4n) is 13.3. The first-order chi connectivity index (χ1) is 55.5. The molecule has 5 aromatic carbocycles. The number of hydrogen-bond donors (Lipinski definition) is 18. The lowest BCUT2D eigenvalue weighted by atomic mass is 9.99. The number of aliphatic hydroxyl groups excluding tert-OH is 1. The number of amides is 11. The average Bonchev–Trinajstić information content (AvgIpc) is 1.63. The standard InChI is InChI=1S/C80H102ClN23O12/c1-44(2)33-59(68(108)91-58(22-9-10-31-86-45(3)4)76(116)104-32-14-23-66(104)75(115)87-46(5)67(82)107)92-71(111)62(38-49-15-11-20-56(35-49)89-79-98-77(83)100-102-79)94-72(112)63(39-50-16-12-21-57(36-50)90-80-99-78(84)101-103-80)96-74(114)65(43-105)97-73(113)64(41-52-17-13-30-85-42-52)95-70(110)61(37-48-25-28-55(81)29-26-48)93-69(109)60(88-47(6)106)40-51-24-27-53-18-7-8-19-54(53)34-51/h7-8,11-13,15-21,24-30,34-36,42,44-46,58-66,86,105H,9-10,14,22-23,31-33,37-41,43H2,1-6H3,(H2,82,107)(H,87,115)(H,88,106)(H,91,108)(H,92,111)(H,93,109)(H,94,112)(H,95,110)(H,96,114)(H,97,113)(H4,83,89,98,100,102)(H4,84,90,99,101,103)/t46-,58+,59+,60-,61-,62-,63+,64-,65+,66+/m1/s1. The van der Waals surface area contributed by atoms with Crippen molar-refractivity contribution in [2.24, 2.45) is 11.7 Å². The third kappa shape index (κ3) is 26.8. The summed E-state index contributed by atoms with van der Waals surface area (Å²) in [5, 5.41) is 60.7. The third-order valence-corrected chi connectivity index (χ3v) is 19.4. The molecule has 21 N–H and O–H groups in total. The summed E-state index contributed by atoms with van der Waals surface area (Å²) in [6.45, 7) is 9.98. The Morgan fingerprint density at radius 3 is 1.50 bits per heavy atom. The van der Waals surface area contributed by atoms with Crippen molar-refractivity contribution in [1.29, 1.82) is 0 Å². The third-order valence-electron chi connectivity index (χ3n) is 19.1. The number of pyridine rings is 1. The van der Waals surface area contributed by atoms with Crippen molar-refractivity contribution in [3.8, 4) is 0 Å². The van der Waals surface area contributed by atoms with E-state index >= 15 is 28.8 Å². The van der Waals surface area contributed by atoms with Crippen LogP contribution >= 0.6 is 11.6 Å². The number of H-pyrrole nitrogens is 2. The predicted molar refractivity (Wildman–Crippen MR) is 435 cm³/mol. The molecule has 36 heteroatoms. The van der Waals surface area contributed by atoms with Crippen molar-refractivity contribution in [3.05, 3.63) is 173 Å². The summed E-state index contributed by atoms with van der Waals surface area (Å²) in [5.74, 6) is -8.88. The molecule has 1 aliphatic heterocycles. The Bertz CT molecular complexity index is 4720. The van der Waals surface area contributed by atoms with Crippen molar-refractivity contribution in [2.75, 3.05) is 41.8 Å². The summed E-state index contributed by atoms with van der Waals surface area (Å²) < 4.78 is 0. The molecule has 0 radical (unpaired) electrons. The quantitative estimate of drug-likeness (QED) is 0.0244. The maximum atomic E-state index is 15.6. The van der Waals surface area contributed by atoms with Crippen molar-refractivity contribution in [1.82, 2.24) is 93.4 Å². The summed E-state index contributed by atoms with van der Waals surface area (Å²) >= 11 is 6.29. The minimum Gasteiger partial charge on any atom is -0.394 e. The van der Waals surface area contributed by atoms with Gasteiger partial charge in [0.25, 0.3) is 0 Å². The number of anilines is 6. The highest BCUT2D eigenvalue weighted by molar-refractivity contribution is 6.30. The van der Waals surface area contributed by atoms with Crippen LogP contribution in [0.4, 0.5) is 35.2 Å². The molecule has 10 atom stereocenters. The molecule has 8 aromatic rings. The number of hydrogen-bond acceptors (Lipinski definition) is 22. The second kappa shape index (κ2) is 42.5. The van der Waals surface area contributed by atoms with Gasteiger partial charge in [0.15, 0.2) is 0 Å². The number of carbonyl (C=O) groups is 11. The van der Waals surface area contributed by atoms with Gasteiger partial charge in [0.2, 0.25) is 88.8 Å². The number of nitrogens with zero attached hydrogens (tertiary/aromatic N) is 6. The van der Waals surface area contributed by atoms with Crippen LogP contribution in [0.25, 0.3) is 10.8 Å². The second-order valence-corrected chi connectivity index (χ2v) is 29.8. The Morgan fingerprint density at radius 2 is 1.00 bits per heavy atom. The van der Waals surface area contributed by atoms with Gasteiger partial charge in [0.1, 0.15) is 60.4 Å². The molecular weight excluding hydrogens is 1510 g/mol. The van der Waals surface area contributed by atoms with E-state index in [0.29, 0.717) is 70.0 Å².